The van der Waals surface area contributed by atoms with E-state index in [4.69, 9.17) is 0 Å². The molecule has 3 aromatic rings. The number of anilines is 1. The molecule has 1 atom stereocenters. The van der Waals surface area contributed by atoms with Crippen molar-refractivity contribution in [1.29, 1.82) is 0 Å². The molecule has 0 spiro atoms. The summed E-state index contributed by atoms with van der Waals surface area (Å²) < 4.78 is 0. The Balaban J connectivity index is 1.53. The van der Waals surface area contributed by atoms with Crippen molar-refractivity contribution in [1.82, 2.24) is 10.2 Å². The summed E-state index contributed by atoms with van der Waals surface area (Å²) in [6, 6.07) is 18.4. The maximum Gasteiger partial charge on any atom is 0.238 e. The lowest BCUT2D eigenvalue weighted by molar-refractivity contribution is -0.123. The van der Waals surface area contributed by atoms with Gasteiger partial charge in [-0.2, -0.15) is 0 Å². The van der Waals surface area contributed by atoms with Crippen LogP contribution < -0.4 is 10.6 Å². The molecule has 0 aliphatic carbocycles. The molecule has 5 nitrogen and oxygen atoms in total. The fourth-order valence-corrected chi connectivity index (χ4v) is 3.95. The molecular weight excluding hydrogens is 386 g/mol. The predicted octanol–water partition coefficient (Wildman–Crippen LogP) is 4.51. The highest BCUT2D eigenvalue weighted by molar-refractivity contribution is 5.94. The smallest absolute Gasteiger partial charge is 0.238 e. The van der Waals surface area contributed by atoms with Crippen molar-refractivity contribution in [2.24, 2.45) is 0 Å². The van der Waals surface area contributed by atoms with Gasteiger partial charge < -0.3 is 10.6 Å². The Morgan fingerprint density at radius 1 is 0.871 bits per heavy atom. The number of carbonyl (C=O) groups is 2. The van der Waals surface area contributed by atoms with Gasteiger partial charge in [-0.25, -0.2) is 0 Å². The zero-order valence-corrected chi connectivity index (χ0v) is 19.0. The van der Waals surface area contributed by atoms with Gasteiger partial charge >= 0.3 is 0 Å². The predicted molar refractivity (Wildman–Crippen MR) is 127 cm³/mol. The fraction of sp³-hybridized carbons (Fsp3) is 0.308. The van der Waals surface area contributed by atoms with E-state index in [1.54, 1.807) is 11.9 Å². The van der Waals surface area contributed by atoms with Gasteiger partial charge in [-0.15, -0.1) is 0 Å². The third kappa shape index (κ3) is 5.92. The number of hydrogen-bond donors (Lipinski definition) is 2. The second-order valence-electron chi connectivity index (χ2n) is 8.39. The van der Waals surface area contributed by atoms with Crippen molar-refractivity contribution in [3.8, 4) is 0 Å². The topological polar surface area (TPSA) is 61.4 Å². The van der Waals surface area contributed by atoms with Crippen LogP contribution in [-0.4, -0.2) is 36.9 Å². The molecule has 0 saturated heterocycles. The van der Waals surface area contributed by atoms with E-state index in [-0.39, 0.29) is 30.9 Å². The summed E-state index contributed by atoms with van der Waals surface area (Å²) in [6.45, 7) is 8.28. The minimum absolute atomic E-state index is 0.112. The molecule has 0 radical (unpaired) electrons. The lowest BCUT2D eigenvalue weighted by Crippen LogP contribution is -2.39. The minimum Gasteiger partial charge on any atom is -0.348 e. The summed E-state index contributed by atoms with van der Waals surface area (Å²) in [5.74, 6) is -0.244. The van der Waals surface area contributed by atoms with E-state index in [0.29, 0.717) is 0 Å². The molecule has 2 N–H and O–H groups in total. The SMILES string of the molecule is Cc1cc(C)c(NC(=O)CN(C)CC(=O)N[C@H](C)c2ccc3ccccc3c2)c(C)c1. The van der Waals surface area contributed by atoms with Crippen LogP contribution in [0.4, 0.5) is 5.69 Å². The second-order valence-corrected chi connectivity index (χ2v) is 8.39. The zero-order valence-electron chi connectivity index (χ0n) is 19.0. The molecule has 3 rings (SSSR count). The minimum atomic E-state index is -0.132. The second kappa shape index (κ2) is 9.75. The van der Waals surface area contributed by atoms with E-state index in [1.807, 2.05) is 58.0 Å². The number of aryl methyl sites for hydroxylation is 3. The van der Waals surface area contributed by atoms with Crippen molar-refractivity contribution < 1.29 is 9.59 Å². The summed E-state index contributed by atoms with van der Waals surface area (Å²) in [5, 5.41) is 8.33. The van der Waals surface area contributed by atoms with E-state index in [2.05, 4.69) is 34.9 Å². The zero-order chi connectivity index (χ0) is 22.5. The Morgan fingerprint density at radius 3 is 2.16 bits per heavy atom. The summed E-state index contributed by atoms with van der Waals surface area (Å²) in [5.41, 5.74) is 5.14. The largest absolute Gasteiger partial charge is 0.348 e. The fourth-order valence-electron chi connectivity index (χ4n) is 3.95. The van der Waals surface area contributed by atoms with Crippen LogP contribution in [0.15, 0.2) is 54.6 Å². The van der Waals surface area contributed by atoms with Crippen LogP contribution in [0.2, 0.25) is 0 Å². The summed E-state index contributed by atoms with van der Waals surface area (Å²) in [4.78, 5) is 26.7. The first-order valence-electron chi connectivity index (χ1n) is 10.6. The van der Waals surface area contributed by atoms with Gasteiger partial charge in [0.05, 0.1) is 19.1 Å². The van der Waals surface area contributed by atoms with E-state index < -0.39 is 0 Å². The molecule has 0 aliphatic heterocycles. The van der Waals surface area contributed by atoms with Crippen LogP contribution >= 0.6 is 0 Å². The molecule has 0 saturated carbocycles. The molecule has 0 unspecified atom stereocenters. The van der Waals surface area contributed by atoms with Gasteiger partial charge in [-0.05, 0) is 68.3 Å². The van der Waals surface area contributed by atoms with Crippen molar-refractivity contribution >= 4 is 28.3 Å². The van der Waals surface area contributed by atoms with Crippen molar-refractivity contribution in [2.45, 2.75) is 33.7 Å². The normalized spacial score (nSPS) is 12.1. The van der Waals surface area contributed by atoms with Gasteiger partial charge in [0.1, 0.15) is 0 Å². The van der Waals surface area contributed by atoms with Gasteiger partial charge in [-0.1, -0.05) is 54.1 Å². The number of benzene rings is 3. The molecule has 0 heterocycles. The van der Waals surface area contributed by atoms with E-state index in [9.17, 15) is 9.59 Å². The molecule has 31 heavy (non-hydrogen) atoms. The number of amides is 2. The van der Waals surface area contributed by atoms with E-state index >= 15 is 0 Å². The summed E-state index contributed by atoms with van der Waals surface area (Å²) >= 11 is 0. The van der Waals surface area contributed by atoms with Crippen LogP contribution in [-0.2, 0) is 9.59 Å². The first kappa shape index (κ1) is 22.5. The molecule has 0 fully saturated rings. The molecule has 0 aromatic heterocycles. The molecule has 2 amide bonds. The van der Waals surface area contributed by atoms with Crippen LogP contribution in [0.3, 0.4) is 0 Å². The molecule has 3 aromatic carbocycles. The average Bonchev–Trinajstić information content (AvgIpc) is 2.70. The highest BCUT2D eigenvalue weighted by Crippen LogP contribution is 2.22. The first-order chi connectivity index (χ1) is 14.7. The molecular formula is C26H31N3O2. The standard InChI is InChI=1S/C26H31N3O2/c1-17-12-18(2)26(19(3)13-17)28-25(31)16-29(5)15-24(30)27-20(4)22-11-10-21-8-6-7-9-23(21)14-22/h6-14,20H,15-16H2,1-5H3,(H,27,30)(H,28,31)/t20-/m1/s1. The monoisotopic (exact) mass is 417 g/mol. The molecule has 0 aliphatic rings. The highest BCUT2D eigenvalue weighted by Gasteiger charge is 2.15. The Bertz CT molecular complexity index is 1080. The van der Waals surface area contributed by atoms with Gasteiger partial charge in [0, 0.05) is 5.69 Å². The first-order valence-corrected chi connectivity index (χ1v) is 10.6. The van der Waals surface area contributed by atoms with Crippen molar-refractivity contribution in [2.75, 3.05) is 25.5 Å². The van der Waals surface area contributed by atoms with Gasteiger partial charge in [0.15, 0.2) is 0 Å². The van der Waals surface area contributed by atoms with Gasteiger partial charge in [0.2, 0.25) is 11.8 Å². The lowest BCUT2D eigenvalue weighted by Gasteiger charge is -2.20. The third-order valence-electron chi connectivity index (χ3n) is 5.42. The van der Waals surface area contributed by atoms with Crippen LogP contribution in [0.1, 0.15) is 35.2 Å². The van der Waals surface area contributed by atoms with Gasteiger partial charge in [0.25, 0.3) is 0 Å². The number of rotatable bonds is 7. The Labute approximate surface area is 184 Å². The van der Waals surface area contributed by atoms with E-state index in [1.165, 1.54) is 10.9 Å². The van der Waals surface area contributed by atoms with Crippen LogP contribution in [0.25, 0.3) is 10.8 Å². The van der Waals surface area contributed by atoms with Crippen LogP contribution in [0, 0.1) is 20.8 Å². The quantitative estimate of drug-likeness (QED) is 0.594. The molecule has 0 bridgehead atoms. The Morgan fingerprint density at radius 2 is 1.48 bits per heavy atom. The Hall–Kier alpha value is -3.18. The highest BCUT2D eigenvalue weighted by atomic mass is 16.2. The van der Waals surface area contributed by atoms with E-state index in [0.717, 1.165) is 27.8 Å². The summed E-state index contributed by atoms with van der Waals surface area (Å²) in [7, 11) is 1.77. The number of nitrogens with one attached hydrogen (secondary N) is 2. The maximum atomic E-state index is 12.5. The molecule has 5 heteroatoms. The number of hydrogen-bond acceptors (Lipinski definition) is 3. The number of nitrogens with zero attached hydrogens (tertiary/aromatic N) is 1. The van der Waals surface area contributed by atoms with Crippen molar-refractivity contribution in [3.63, 3.8) is 0 Å². The van der Waals surface area contributed by atoms with Crippen LogP contribution in [0.5, 0.6) is 0 Å². The maximum absolute atomic E-state index is 12.5. The average molecular weight is 418 g/mol. The van der Waals surface area contributed by atoms with Crippen molar-refractivity contribution in [3.05, 3.63) is 76.9 Å². The molecule has 162 valence electrons. The lowest BCUT2D eigenvalue weighted by atomic mass is 10.0. The third-order valence-corrected chi connectivity index (χ3v) is 5.42. The summed E-state index contributed by atoms with van der Waals surface area (Å²) in [6.07, 6.45) is 0. The number of fused-ring (bicyclic) bond motifs is 1. The number of likely N-dealkylation sites (N-methyl/N-ethyl adjacent to an activating group) is 1. The Kier molecular flexibility index (Phi) is 7.08. The number of carbonyl (C=O) groups excluding carboxylic acids is 2. The van der Waals surface area contributed by atoms with Gasteiger partial charge in [-0.3, -0.25) is 14.5 Å².